The van der Waals surface area contributed by atoms with Crippen LogP contribution in [0.4, 0.5) is 5.82 Å². The van der Waals surface area contributed by atoms with Gasteiger partial charge in [-0.05, 0) is 20.3 Å². The smallest absolute Gasteiger partial charge is 0.162 e. The molecule has 0 radical (unpaired) electrons. The molecule has 1 N–H and O–H groups in total. The third-order valence-electron chi connectivity index (χ3n) is 3.05. The molecule has 2 rings (SSSR count). The number of nitrogens with one attached hydrogen (secondary N) is 1. The van der Waals surface area contributed by atoms with Crippen LogP contribution >= 0.6 is 0 Å². The molecule has 1 unspecified atom stereocenters. The molecule has 2 heterocycles. The minimum absolute atomic E-state index is 0.139. The Morgan fingerprint density at radius 1 is 1.28 bits per heavy atom. The lowest BCUT2D eigenvalue weighted by atomic mass is 10.2. The van der Waals surface area contributed by atoms with Crippen molar-refractivity contribution < 1.29 is 9.47 Å². The fourth-order valence-corrected chi connectivity index (χ4v) is 1.85. The van der Waals surface area contributed by atoms with E-state index in [-0.39, 0.29) is 6.10 Å². The molecule has 1 saturated heterocycles. The lowest BCUT2D eigenvalue weighted by Crippen LogP contribution is -2.24. The largest absolute Gasteiger partial charge is 0.376 e. The number of aryl methyl sites for hydroxylation is 1. The van der Waals surface area contributed by atoms with Crippen LogP contribution in [-0.4, -0.2) is 36.3 Å². The first kappa shape index (κ1) is 13.2. The van der Waals surface area contributed by atoms with Gasteiger partial charge in [-0.25, -0.2) is 9.97 Å². The maximum atomic E-state index is 5.64. The van der Waals surface area contributed by atoms with Crippen molar-refractivity contribution in [1.82, 2.24) is 9.97 Å². The maximum absolute atomic E-state index is 5.64. The molecule has 5 heteroatoms. The van der Waals surface area contributed by atoms with E-state index in [1.807, 2.05) is 13.8 Å². The molecule has 1 atom stereocenters. The van der Waals surface area contributed by atoms with Gasteiger partial charge in [-0.15, -0.1) is 0 Å². The summed E-state index contributed by atoms with van der Waals surface area (Å²) in [5.41, 5.74) is 2.09. The number of hydrogen-bond acceptors (Lipinski definition) is 5. The van der Waals surface area contributed by atoms with Crippen molar-refractivity contribution in [3.05, 3.63) is 17.1 Å². The average molecular weight is 251 g/mol. The normalized spacial score (nSPS) is 19.8. The molecule has 0 aromatic carbocycles. The number of anilines is 1. The predicted octanol–water partition coefficient (Wildman–Crippen LogP) is 2.00. The van der Waals surface area contributed by atoms with Crippen LogP contribution in [0.5, 0.6) is 0 Å². The van der Waals surface area contributed by atoms with Crippen molar-refractivity contribution in [3.63, 3.8) is 0 Å². The topological polar surface area (TPSA) is 56.3 Å². The summed E-state index contributed by atoms with van der Waals surface area (Å²) in [5.74, 6) is 1.63. The number of rotatable bonds is 4. The van der Waals surface area contributed by atoms with Crippen molar-refractivity contribution in [2.75, 3.05) is 31.7 Å². The van der Waals surface area contributed by atoms with Gasteiger partial charge in [0.25, 0.3) is 0 Å². The Bertz CT molecular complexity index is 403. The van der Waals surface area contributed by atoms with Gasteiger partial charge in [0.05, 0.1) is 19.8 Å². The van der Waals surface area contributed by atoms with Crippen LogP contribution in [-0.2, 0) is 9.47 Å². The zero-order valence-corrected chi connectivity index (χ0v) is 11.3. The fourth-order valence-electron chi connectivity index (χ4n) is 1.85. The van der Waals surface area contributed by atoms with Crippen molar-refractivity contribution in [3.8, 4) is 0 Å². The third-order valence-corrected chi connectivity index (χ3v) is 3.05. The summed E-state index contributed by atoms with van der Waals surface area (Å²) < 4.78 is 11.0. The SMILES string of the molecule is CCCNc1nc(C2COCCO2)nc(C)c1C. The van der Waals surface area contributed by atoms with Crippen molar-refractivity contribution in [2.24, 2.45) is 0 Å². The Morgan fingerprint density at radius 2 is 2.11 bits per heavy atom. The molecule has 5 nitrogen and oxygen atoms in total. The molecule has 1 aliphatic rings. The van der Waals surface area contributed by atoms with E-state index in [9.17, 15) is 0 Å². The monoisotopic (exact) mass is 251 g/mol. The highest BCUT2D eigenvalue weighted by atomic mass is 16.6. The molecule has 1 aromatic heterocycles. The van der Waals surface area contributed by atoms with Gasteiger partial charge in [-0.2, -0.15) is 0 Å². The van der Waals surface area contributed by atoms with E-state index in [1.54, 1.807) is 0 Å². The van der Waals surface area contributed by atoms with E-state index < -0.39 is 0 Å². The summed E-state index contributed by atoms with van der Waals surface area (Å²) in [6, 6.07) is 0. The Balaban J connectivity index is 2.22. The van der Waals surface area contributed by atoms with Crippen LogP contribution in [0.15, 0.2) is 0 Å². The predicted molar refractivity (Wildman–Crippen MR) is 69.8 cm³/mol. The summed E-state index contributed by atoms with van der Waals surface area (Å²) in [5, 5.41) is 3.34. The molecule has 1 aliphatic heterocycles. The standard InChI is InChI=1S/C13H21N3O2/c1-4-5-14-12-9(2)10(3)15-13(16-12)11-8-17-6-7-18-11/h11H,4-8H2,1-3H3,(H,14,15,16). The minimum Gasteiger partial charge on any atom is -0.376 e. The zero-order chi connectivity index (χ0) is 13.0. The van der Waals surface area contributed by atoms with E-state index in [1.165, 1.54) is 0 Å². The van der Waals surface area contributed by atoms with Crippen LogP contribution in [0.25, 0.3) is 0 Å². The molecule has 0 bridgehead atoms. The molecule has 0 saturated carbocycles. The number of nitrogens with zero attached hydrogens (tertiary/aromatic N) is 2. The quantitative estimate of drug-likeness (QED) is 0.887. The number of ether oxygens (including phenoxy) is 2. The van der Waals surface area contributed by atoms with Gasteiger partial charge in [0.1, 0.15) is 11.9 Å². The van der Waals surface area contributed by atoms with Gasteiger partial charge in [-0.3, -0.25) is 0 Å². The van der Waals surface area contributed by atoms with E-state index in [0.29, 0.717) is 19.8 Å². The Kier molecular flexibility index (Phi) is 4.49. The lowest BCUT2D eigenvalue weighted by molar-refractivity contribution is -0.0935. The molecule has 0 amide bonds. The number of hydrogen-bond donors (Lipinski definition) is 1. The molecule has 0 spiro atoms. The third kappa shape index (κ3) is 2.97. The van der Waals surface area contributed by atoms with Crippen LogP contribution in [0.3, 0.4) is 0 Å². The first-order valence-corrected chi connectivity index (χ1v) is 6.50. The number of aromatic nitrogens is 2. The molecular weight excluding hydrogens is 230 g/mol. The van der Waals surface area contributed by atoms with Crippen LogP contribution in [0.2, 0.25) is 0 Å². The second kappa shape index (κ2) is 6.11. The van der Waals surface area contributed by atoms with Gasteiger partial charge >= 0.3 is 0 Å². The summed E-state index contributed by atoms with van der Waals surface area (Å²) in [6.45, 7) is 8.89. The van der Waals surface area contributed by atoms with Gasteiger partial charge in [0, 0.05) is 17.8 Å². The van der Waals surface area contributed by atoms with E-state index in [4.69, 9.17) is 9.47 Å². The molecular formula is C13H21N3O2. The van der Waals surface area contributed by atoms with Gasteiger partial charge < -0.3 is 14.8 Å². The highest BCUT2D eigenvalue weighted by molar-refractivity contribution is 5.45. The second-order valence-corrected chi connectivity index (χ2v) is 4.50. The molecule has 100 valence electrons. The molecule has 18 heavy (non-hydrogen) atoms. The van der Waals surface area contributed by atoms with Crippen molar-refractivity contribution in [1.29, 1.82) is 0 Å². The average Bonchev–Trinajstić information content (AvgIpc) is 2.41. The summed E-state index contributed by atoms with van der Waals surface area (Å²) in [6.07, 6.45) is 0.932. The van der Waals surface area contributed by atoms with Crippen LogP contribution < -0.4 is 5.32 Å². The molecule has 1 aromatic rings. The Morgan fingerprint density at radius 3 is 2.78 bits per heavy atom. The molecule has 1 fully saturated rings. The van der Waals surface area contributed by atoms with Crippen LogP contribution in [0, 0.1) is 13.8 Å². The highest BCUT2D eigenvalue weighted by Crippen LogP contribution is 2.22. The highest BCUT2D eigenvalue weighted by Gasteiger charge is 2.21. The zero-order valence-electron chi connectivity index (χ0n) is 11.3. The summed E-state index contributed by atoms with van der Waals surface area (Å²) in [7, 11) is 0. The fraction of sp³-hybridized carbons (Fsp3) is 0.692. The minimum atomic E-state index is -0.139. The van der Waals surface area contributed by atoms with E-state index in [0.717, 1.165) is 35.9 Å². The Hall–Kier alpha value is -1.20. The summed E-state index contributed by atoms with van der Waals surface area (Å²) in [4.78, 5) is 9.08. The summed E-state index contributed by atoms with van der Waals surface area (Å²) >= 11 is 0. The van der Waals surface area contributed by atoms with Crippen molar-refractivity contribution in [2.45, 2.75) is 33.3 Å². The van der Waals surface area contributed by atoms with Gasteiger partial charge in [-0.1, -0.05) is 6.92 Å². The first-order chi connectivity index (χ1) is 8.72. The van der Waals surface area contributed by atoms with E-state index >= 15 is 0 Å². The lowest BCUT2D eigenvalue weighted by Gasteiger charge is -2.23. The van der Waals surface area contributed by atoms with Gasteiger partial charge in [0.2, 0.25) is 0 Å². The van der Waals surface area contributed by atoms with E-state index in [2.05, 4.69) is 22.2 Å². The first-order valence-electron chi connectivity index (χ1n) is 6.50. The van der Waals surface area contributed by atoms with Crippen molar-refractivity contribution >= 4 is 5.82 Å². The van der Waals surface area contributed by atoms with Gasteiger partial charge in [0.15, 0.2) is 5.82 Å². The maximum Gasteiger partial charge on any atom is 0.162 e. The molecule has 0 aliphatic carbocycles. The second-order valence-electron chi connectivity index (χ2n) is 4.50. The van der Waals surface area contributed by atoms with Crippen LogP contribution in [0.1, 0.15) is 36.5 Å². The Labute approximate surface area is 108 Å².